The van der Waals surface area contributed by atoms with Crippen molar-refractivity contribution in [2.45, 2.75) is 20.3 Å². The minimum Gasteiger partial charge on any atom is -0.400 e. The Morgan fingerprint density at radius 2 is 1.86 bits per heavy atom. The maximum Gasteiger partial charge on any atom is 0.0319 e. The molecule has 0 spiro atoms. The summed E-state index contributed by atoms with van der Waals surface area (Å²) >= 11 is 0. The Morgan fingerprint density at radius 3 is 1.86 bits per heavy atom. The number of aliphatic hydroxyl groups is 1. The Kier molecular flexibility index (Phi) is 24.3. The van der Waals surface area contributed by atoms with Crippen molar-refractivity contribution in [2.75, 3.05) is 7.11 Å². The van der Waals surface area contributed by atoms with Gasteiger partial charge in [0.1, 0.15) is 0 Å². The molecule has 0 aromatic rings. The normalized spacial score (nSPS) is 8.00. The van der Waals surface area contributed by atoms with E-state index in [9.17, 15) is 0 Å². The molecule has 1 nitrogen and oxygen atoms in total. The third kappa shape index (κ3) is 27.0. The van der Waals surface area contributed by atoms with Crippen molar-refractivity contribution in [3.63, 3.8) is 0 Å². The molecular weight excluding hydrogens is 88.1 g/mol. The van der Waals surface area contributed by atoms with Crippen molar-refractivity contribution in [3.05, 3.63) is 12.2 Å². The summed E-state index contributed by atoms with van der Waals surface area (Å²) in [6.45, 7) is 4.16. The van der Waals surface area contributed by atoms with Crippen molar-refractivity contribution in [2.24, 2.45) is 0 Å². The van der Waals surface area contributed by atoms with E-state index in [1.165, 1.54) is 0 Å². The third-order valence-electron chi connectivity index (χ3n) is 0.471. The Balaban J connectivity index is 0. The van der Waals surface area contributed by atoms with Crippen LogP contribution >= 0.6 is 0 Å². The van der Waals surface area contributed by atoms with Crippen LogP contribution in [-0.2, 0) is 0 Å². The van der Waals surface area contributed by atoms with Crippen LogP contribution in [0.15, 0.2) is 12.2 Å². The second-order valence-corrected chi connectivity index (χ2v) is 0.977. The second kappa shape index (κ2) is 17.3. The van der Waals surface area contributed by atoms with Gasteiger partial charge in [-0.2, -0.15) is 0 Å². The lowest BCUT2D eigenvalue weighted by atomic mass is 10.4. The summed E-state index contributed by atoms with van der Waals surface area (Å²) in [5, 5.41) is 7.00. The maximum atomic E-state index is 7.00. The number of allylic oxidation sites excluding steroid dienone is 2. The van der Waals surface area contributed by atoms with Crippen molar-refractivity contribution >= 4 is 0 Å². The highest BCUT2D eigenvalue weighted by Crippen LogP contribution is 1.73. The monoisotopic (exact) mass is 102 g/mol. The van der Waals surface area contributed by atoms with Crippen molar-refractivity contribution in [3.8, 4) is 0 Å². The van der Waals surface area contributed by atoms with Gasteiger partial charge >= 0.3 is 0 Å². The molecule has 0 heterocycles. The van der Waals surface area contributed by atoms with Crippen LogP contribution in [0.5, 0.6) is 0 Å². The first kappa shape index (κ1) is 9.85. The van der Waals surface area contributed by atoms with Gasteiger partial charge in [0.25, 0.3) is 0 Å². The van der Waals surface area contributed by atoms with E-state index in [-0.39, 0.29) is 0 Å². The molecule has 0 unspecified atom stereocenters. The molecule has 0 aliphatic carbocycles. The van der Waals surface area contributed by atoms with Gasteiger partial charge in [-0.05, 0) is 13.3 Å². The molecule has 0 saturated heterocycles. The SMILES string of the molecule is CC=CCC.CO. The molecule has 0 aromatic heterocycles. The summed E-state index contributed by atoms with van der Waals surface area (Å²) < 4.78 is 0. The first-order chi connectivity index (χ1) is 3.41. The maximum absolute atomic E-state index is 7.00. The Labute approximate surface area is 45.7 Å². The average molecular weight is 102 g/mol. The van der Waals surface area contributed by atoms with E-state index in [0.717, 1.165) is 13.5 Å². The number of hydrogen-bond donors (Lipinski definition) is 1. The van der Waals surface area contributed by atoms with Crippen LogP contribution in [0.2, 0.25) is 0 Å². The number of hydrogen-bond acceptors (Lipinski definition) is 1. The highest BCUT2D eigenvalue weighted by molar-refractivity contribution is 4.73. The summed E-state index contributed by atoms with van der Waals surface area (Å²) in [6.07, 6.45) is 5.34. The summed E-state index contributed by atoms with van der Waals surface area (Å²) in [5.41, 5.74) is 0. The van der Waals surface area contributed by atoms with Gasteiger partial charge in [-0.25, -0.2) is 0 Å². The Hall–Kier alpha value is -0.300. The van der Waals surface area contributed by atoms with Crippen molar-refractivity contribution in [1.29, 1.82) is 0 Å². The van der Waals surface area contributed by atoms with E-state index >= 15 is 0 Å². The predicted molar refractivity (Wildman–Crippen MR) is 33.2 cm³/mol. The average Bonchev–Trinajstić information content (AvgIpc) is 1.75. The van der Waals surface area contributed by atoms with E-state index < -0.39 is 0 Å². The summed E-state index contributed by atoms with van der Waals surface area (Å²) in [7, 11) is 1.00. The van der Waals surface area contributed by atoms with Gasteiger partial charge in [0.15, 0.2) is 0 Å². The van der Waals surface area contributed by atoms with Gasteiger partial charge in [0, 0.05) is 7.11 Å². The zero-order chi connectivity index (χ0) is 6.12. The van der Waals surface area contributed by atoms with E-state index in [2.05, 4.69) is 19.1 Å². The van der Waals surface area contributed by atoms with Crippen LogP contribution in [0.3, 0.4) is 0 Å². The van der Waals surface area contributed by atoms with E-state index in [4.69, 9.17) is 5.11 Å². The van der Waals surface area contributed by atoms with Crippen LogP contribution in [0.25, 0.3) is 0 Å². The van der Waals surface area contributed by atoms with Crippen LogP contribution in [0.1, 0.15) is 20.3 Å². The van der Waals surface area contributed by atoms with Gasteiger partial charge in [-0.1, -0.05) is 19.1 Å². The van der Waals surface area contributed by atoms with E-state index in [1.807, 2.05) is 6.92 Å². The van der Waals surface area contributed by atoms with Crippen molar-refractivity contribution in [1.82, 2.24) is 0 Å². The first-order valence-electron chi connectivity index (χ1n) is 2.47. The van der Waals surface area contributed by atoms with E-state index in [0.29, 0.717) is 0 Å². The molecule has 1 heteroatoms. The Bertz CT molecular complexity index is 31.2. The Morgan fingerprint density at radius 1 is 1.43 bits per heavy atom. The van der Waals surface area contributed by atoms with Crippen molar-refractivity contribution < 1.29 is 5.11 Å². The summed E-state index contributed by atoms with van der Waals surface area (Å²) in [4.78, 5) is 0. The zero-order valence-electron chi connectivity index (χ0n) is 5.31. The lowest BCUT2D eigenvalue weighted by Gasteiger charge is -1.65. The minimum atomic E-state index is 1.00. The molecule has 0 rings (SSSR count). The lowest BCUT2D eigenvalue weighted by Crippen LogP contribution is -1.43. The molecule has 0 aliphatic rings. The molecule has 0 aliphatic heterocycles. The first-order valence-corrected chi connectivity index (χ1v) is 2.47. The van der Waals surface area contributed by atoms with Gasteiger partial charge in [0.05, 0.1) is 0 Å². The topological polar surface area (TPSA) is 20.2 Å². The summed E-state index contributed by atoms with van der Waals surface area (Å²) in [5.74, 6) is 0. The minimum absolute atomic E-state index is 1.00. The molecule has 0 fully saturated rings. The largest absolute Gasteiger partial charge is 0.400 e. The highest BCUT2D eigenvalue weighted by atomic mass is 16.2. The standard InChI is InChI=1S/C5H10.CH4O/c1-3-5-4-2;1-2/h3,5H,4H2,1-2H3;2H,1H3. The molecule has 0 radical (unpaired) electrons. The van der Waals surface area contributed by atoms with Gasteiger partial charge < -0.3 is 5.11 Å². The molecule has 0 atom stereocenters. The molecule has 0 aromatic carbocycles. The molecule has 7 heavy (non-hydrogen) atoms. The molecule has 44 valence electrons. The second-order valence-electron chi connectivity index (χ2n) is 0.977. The lowest BCUT2D eigenvalue weighted by molar-refractivity contribution is 0.399. The fraction of sp³-hybridized carbons (Fsp3) is 0.667. The highest BCUT2D eigenvalue weighted by Gasteiger charge is 1.52. The molecule has 0 saturated carbocycles. The molecular formula is C6H14O. The quantitative estimate of drug-likeness (QED) is 0.498. The van der Waals surface area contributed by atoms with E-state index in [1.54, 1.807) is 0 Å². The van der Waals surface area contributed by atoms with Crippen LogP contribution in [0.4, 0.5) is 0 Å². The predicted octanol–water partition coefficient (Wildman–Crippen LogP) is 1.58. The molecule has 0 amide bonds. The van der Waals surface area contributed by atoms with Crippen LogP contribution in [-0.4, -0.2) is 12.2 Å². The third-order valence-corrected chi connectivity index (χ3v) is 0.471. The van der Waals surface area contributed by atoms with Gasteiger partial charge in [-0.15, -0.1) is 0 Å². The summed E-state index contributed by atoms with van der Waals surface area (Å²) in [6, 6.07) is 0. The number of rotatable bonds is 1. The van der Waals surface area contributed by atoms with Gasteiger partial charge in [0.2, 0.25) is 0 Å². The van der Waals surface area contributed by atoms with Gasteiger partial charge in [-0.3, -0.25) is 0 Å². The number of aliphatic hydroxyl groups excluding tert-OH is 1. The molecule has 0 bridgehead atoms. The smallest absolute Gasteiger partial charge is 0.0319 e. The van der Waals surface area contributed by atoms with Crippen LogP contribution < -0.4 is 0 Å². The fourth-order valence-corrected chi connectivity index (χ4v) is 0.236. The zero-order valence-corrected chi connectivity index (χ0v) is 5.31. The van der Waals surface area contributed by atoms with Crippen LogP contribution in [0, 0.1) is 0 Å². The molecule has 1 N–H and O–H groups in total. The fourth-order valence-electron chi connectivity index (χ4n) is 0.236.